The maximum Gasteiger partial charge on any atom is 0.311 e. The Balaban J connectivity index is 1.38. The van der Waals surface area contributed by atoms with E-state index in [2.05, 4.69) is 40.7 Å². The van der Waals surface area contributed by atoms with E-state index in [9.17, 15) is 34.8 Å². The number of hydrogen-bond acceptors (Lipinski definition) is 10. The molecule has 12 atom stereocenters. The van der Waals surface area contributed by atoms with Gasteiger partial charge in [-0.25, -0.2) is 0 Å². The molecular formula is C41H64O11. The van der Waals surface area contributed by atoms with Gasteiger partial charge in [0, 0.05) is 5.41 Å². The molecule has 4 aliphatic carbocycles. The molecule has 5 aliphatic rings. The molecule has 0 spiro atoms. The van der Waals surface area contributed by atoms with E-state index in [1.807, 2.05) is 13.8 Å². The molecule has 294 valence electrons. The SMILES string of the molecule is CC(C)=CCC[C@@H](C(=O)O[C@H]1OC[C@@H](O)[C@H](O)[C@H]1O)[C@H]1CC[C@@]2(C)C3=C(CC[C@]12C)[C@@]1(C)CC[C@@H](OC(=O)CC(C)(O)CC(=O)O)C(C)(C)C1CC3. The highest BCUT2D eigenvalue weighted by Gasteiger charge is 2.65. The van der Waals surface area contributed by atoms with Crippen LogP contribution in [0.1, 0.15) is 132 Å². The summed E-state index contributed by atoms with van der Waals surface area (Å²) >= 11 is 0. The van der Waals surface area contributed by atoms with Crippen LogP contribution in [0.5, 0.6) is 0 Å². The molecule has 1 saturated heterocycles. The Morgan fingerprint density at radius 2 is 1.62 bits per heavy atom. The van der Waals surface area contributed by atoms with Crippen LogP contribution in [0.2, 0.25) is 0 Å². The van der Waals surface area contributed by atoms with Crippen molar-refractivity contribution in [3.8, 4) is 0 Å². The summed E-state index contributed by atoms with van der Waals surface area (Å²) in [6.45, 7) is 16.7. The average molecular weight is 733 g/mol. The van der Waals surface area contributed by atoms with Crippen molar-refractivity contribution in [2.24, 2.45) is 39.4 Å². The van der Waals surface area contributed by atoms with E-state index in [4.69, 9.17) is 19.3 Å². The van der Waals surface area contributed by atoms with Crippen molar-refractivity contribution in [3.63, 3.8) is 0 Å². The summed E-state index contributed by atoms with van der Waals surface area (Å²) in [4.78, 5) is 38.3. The zero-order valence-electron chi connectivity index (χ0n) is 32.6. The van der Waals surface area contributed by atoms with Gasteiger partial charge < -0.3 is 39.7 Å². The van der Waals surface area contributed by atoms with E-state index in [0.29, 0.717) is 19.3 Å². The van der Waals surface area contributed by atoms with E-state index in [0.717, 1.165) is 44.9 Å². The molecule has 1 aliphatic heterocycles. The van der Waals surface area contributed by atoms with Gasteiger partial charge in [0.1, 0.15) is 24.4 Å². The molecule has 3 fully saturated rings. The van der Waals surface area contributed by atoms with E-state index < -0.39 is 60.4 Å². The molecule has 11 heteroatoms. The fourth-order valence-electron chi connectivity index (χ4n) is 11.6. The lowest BCUT2D eigenvalue weighted by Gasteiger charge is -2.62. The molecule has 52 heavy (non-hydrogen) atoms. The van der Waals surface area contributed by atoms with Gasteiger partial charge in [-0.3, -0.25) is 14.4 Å². The predicted molar refractivity (Wildman–Crippen MR) is 192 cm³/mol. The zero-order chi connectivity index (χ0) is 38.6. The first-order chi connectivity index (χ1) is 24.1. The van der Waals surface area contributed by atoms with Crippen molar-refractivity contribution in [1.29, 1.82) is 0 Å². The second-order valence-electron chi connectivity index (χ2n) is 18.6. The maximum atomic E-state index is 14.1. The number of aliphatic carboxylic acids is 1. The lowest BCUT2D eigenvalue weighted by atomic mass is 9.43. The molecule has 0 aromatic rings. The van der Waals surface area contributed by atoms with Crippen LogP contribution in [0.3, 0.4) is 0 Å². The predicted octanol–water partition coefficient (Wildman–Crippen LogP) is 5.61. The molecule has 0 amide bonds. The van der Waals surface area contributed by atoms with Gasteiger partial charge in [-0.05, 0) is 113 Å². The summed E-state index contributed by atoms with van der Waals surface area (Å²) in [5.41, 5.74) is 1.82. The Bertz CT molecular complexity index is 1440. The number of rotatable bonds is 11. The second kappa shape index (κ2) is 14.7. The van der Waals surface area contributed by atoms with Gasteiger partial charge in [-0.15, -0.1) is 0 Å². The number of fused-ring (bicyclic) bond motifs is 4. The van der Waals surface area contributed by atoms with E-state index in [1.165, 1.54) is 23.6 Å². The average Bonchev–Trinajstić information content (AvgIpc) is 3.30. The first-order valence-corrected chi connectivity index (χ1v) is 19.4. The van der Waals surface area contributed by atoms with Crippen LogP contribution in [0.4, 0.5) is 0 Å². The molecule has 0 bridgehead atoms. The van der Waals surface area contributed by atoms with Gasteiger partial charge in [0.25, 0.3) is 0 Å². The number of allylic oxidation sites excluding steroid dienone is 4. The van der Waals surface area contributed by atoms with E-state index >= 15 is 0 Å². The van der Waals surface area contributed by atoms with Gasteiger partial charge in [0.2, 0.25) is 6.29 Å². The fourth-order valence-corrected chi connectivity index (χ4v) is 11.6. The summed E-state index contributed by atoms with van der Waals surface area (Å²) < 4.78 is 17.3. The largest absolute Gasteiger partial charge is 0.481 e. The third-order valence-corrected chi connectivity index (χ3v) is 14.6. The molecule has 5 N–H and O–H groups in total. The van der Waals surface area contributed by atoms with Crippen molar-refractivity contribution in [3.05, 3.63) is 22.8 Å². The zero-order valence-corrected chi connectivity index (χ0v) is 32.6. The van der Waals surface area contributed by atoms with Crippen LogP contribution in [0, 0.1) is 39.4 Å². The lowest BCUT2D eigenvalue weighted by molar-refractivity contribution is -0.265. The molecule has 0 radical (unpaired) electrons. The highest BCUT2D eigenvalue weighted by atomic mass is 16.7. The summed E-state index contributed by atoms with van der Waals surface area (Å²) in [6, 6.07) is 0. The summed E-state index contributed by atoms with van der Waals surface area (Å²) in [5.74, 6) is -2.30. The van der Waals surface area contributed by atoms with Crippen molar-refractivity contribution >= 4 is 17.9 Å². The topological polar surface area (TPSA) is 180 Å². The van der Waals surface area contributed by atoms with E-state index in [-0.39, 0.29) is 52.6 Å². The van der Waals surface area contributed by atoms with Crippen LogP contribution in [-0.4, -0.2) is 86.4 Å². The highest BCUT2D eigenvalue weighted by Crippen LogP contribution is 2.72. The summed E-state index contributed by atoms with van der Waals surface area (Å²) in [7, 11) is 0. The molecular weight excluding hydrogens is 668 g/mol. The Labute approximate surface area is 309 Å². The normalized spacial score (nSPS) is 40.0. The number of aliphatic hydroxyl groups excluding tert-OH is 3. The standard InChI is InChI=1S/C41H64O11/c1-23(2)10-9-11-24(35(48)52-36-34(47)33(46)28(42)22-50-36)25-14-18-41(8)27-12-13-29-37(3,4)30(51-32(45)21-38(5,49)20-31(43)44)16-17-39(29,6)26(27)15-19-40(25,41)7/h10,24-25,28-30,33-34,36,42,46-47,49H,9,11-22H2,1-8H3,(H,43,44)/t24-,25-,28-,29?,30-,33+,34-,36-,38?,39-,40-,41+/m1/s1. The summed E-state index contributed by atoms with van der Waals surface area (Å²) in [6.07, 6.45) is 3.69. The monoisotopic (exact) mass is 732 g/mol. The fraction of sp³-hybridized carbons (Fsp3) is 0.829. The molecule has 5 rings (SSSR count). The van der Waals surface area contributed by atoms with Crippen molar-refractivity contribution in [1.82, 2.24) is 0 Å². The highest BCUT2D eigenvalue weighted by molar-refractivity contribution is 5.74. The minimum absolute atomic E-state index is 0.0383. The van der Waals surface area contributed by atoms with Crippen LogP contribution >= 0.6 is 0 Å². The third-order valence-electron chi connectivity index (χ3n) is 14.6. The van der Waals surface area contributed by atoms with Crippen LogP contribution in [0.25, 0.3) is 0 Å². The van der Waals surface area contributed by atoms with Gasteiger partial charge in [-0.2, -0.15) is 0 Å². The lowest BCUT2D eigenvalue weighted by Crippen LogP contribution is -2.56. The molecule has 2 saturated carbocycles. The Morgan fingerprint density at radius 3 is 2.27 bits per heavy atom. The number of carbonyl (C=O) groups is 3. The Hall–Kier alpha value is -2.31. The number of ether oxygens (including phenoxy) is 3. The number of aliphatic hydroxyl groups is 4. The number of esters is 2. The van der Waals surface area contributed by atoms with Crippen LogP contribution in [-0.2, 0) is 28.6 Å². The molecule has 11 nitrogen and oxygen atoms in total. The number of carboxylic acids is 1. The molecule has 0 aromatic heterocycles. The molecule has 2 unspecified atom stereocenters. The van der Waals surface area contributed by atoms with Crippen molar-refractivity contribution in [2.45, 2.75) is 169 Å². The Kier molecular flexibility index (Phi) is 11.6. The van der Waals surface area contributed by atoms with Gasteiger partial charge in [0.05, 0.1) is 31.0 Å². The number of carboxylic acid groups (broad SMARTS) is 1. The van der Waals surface area contributed by atoms with Crippen LogP contribution < -0.4 is 0 Å². The number of hydrogen-bond donors (Lipinski definition) is 5. The molecule has 1 heterocycles. The minimum atomic E-state index is -1.68. The minimum Gasteiger partial charge on any atom is -0.481 e. The van der Waals surface area contributed by atoms with Crippen molar-refractivity contribution in [2.75, 3.05) is 6.61 Å². The third kappa shape index (κ3) is 7.38. The first kappa shape index (κ1) is 40.9. The van der Waals surface area contributed by atoms with E-state index in [1.54, 1.807) is 0 Å². The number of carbonyl (C=O) groups excluding carboxylic acids is 2. The van der Waals surface area contributed by atoms with Gasteiger partial charge in [0.15, 0.2) is 0 Å². The second-order valence-corrected chi connectivity index (χ2v) is 18.6. The maximum absolute atomic E-state index is 14.1. The van der Waals surface area contributed by atoms with Crippen molar-refractivity contribution < 1.29 is 54.1 Å². The quantitative estimate of drug-likeness (QED) is 0.132. The van der Waals surface area contributed by atoms with Gasteiger partial charge in [-0.1, -0.05) is 57.4 Å². The van der Waals surface area contributed by atoms with Crippen LogP contribution in [0.15, 0.2) is 22.8 Å². The Morgan fingerprint density at radius 1 is 0.923 bits per heavy atom. The summed E-state index contributed by atoms with van der Waals surface area (Å²) in [5, 5.41) is 50.4. The smallest absolute Gasteiger partial charge is 0.311 e. The molecule has 0 aromatic carbocycles. The first-order valence-electron chi connectivity index (χ1n) is 19.4. The van der Waals surface area contributed by atoms with Gasteiger partial charge >= 0.3 is 17.9 Å².